The van der Waals surface area contributed by atoms with Crippen LogP contribution in [0.2, 0.25) is 0 Å². The Bertz CT molecular complexity index is 586. The zero-order valence-corrected chi connectivity index (χ0v) is 13.3. The molecule has 0 saturated carbocycles. The van der Waals surface area contributed by atoms with Gasteiger partial charge in [-0.15, -0.1) is 11.3 Å². The van der Waals surface area contributed by atoms with Gasteiger partial charge in [-0.3, -0.25) is 0 Å². The van der Waals surface area contributed by atoms with Gasteiger partial charge in [0, 0.05) is 25.0 Å². The monoisotopic (exact) mass is 290 g/mol. The van der Waals surface area contributed by atoms with Gasteiger partial charge in [0.05, 0.1) is 15.6 Å². The second-order valence-electron chi connectivity index (χ2n) is 5.66. The molecule has 0 amide bonds. The van der Waals surface area contributed by atoms with Gasteiger partial charge in [0.25, 0.3) is 0 Å². The lowest BCUT2D eigenvalue weighted by atomic mass is 10.1. The molecule has 2 aromatic heterocycles. The highest BCUT2D eigenvalue weighted by Gasteiger charge is 2.21. The number of aryl methyl sites for hydroxylation is 3. The number of hydrogen-bond acceptors (Lipinski definition) is 4. The van der Waals surface area contributed by atoms with Crippen molar-refractivity contribution in [2.45, 2.75) is 45.7 Å². The highest BCUT2D eigenvalue weighted by molar-refractivity contribution is 7.15. The van der Waals surface area contributed by atoms with E-state index in [0.29, 0.717) is 0 Å². The molecular weight excluding hydrogens is 268 g/mol. The van der Waals surface area contributed by atoms with E-state index in [2.05, 4.69) is 46.5 Å². The van der Waals surface area contributed by atoms with Gasteiger partial charge >= 0.3 is 0 Å². The van der Waals surface area contributed by atoms with Crippen molar-refractivity contribution in [3.63, 3.8) is 0 Å². The van der Waals surface area contributed by atoms with Crippen LogP contribution in [0.5, 0.6) is 0 Å². The van der Waals surface area contributed by atoms with E-state index in [1.165, 1.54) is 30.7 Å². The molecule has 3 rings (SSSR count). The minimum Gasteiger partial charge on any atom is -0.330 e. The number of hydrogen-bond donors (Lipinski definition) is 0. The lowest BCUT2D eigenvalue weighted by molar-refractivity contribution is 0.286. The number of aromatic nitrogens is 3. The third-order valence-electron chi connectivity index (χ3n) is 4.20. The first-order valence-corrected chi connectivity index (χ1v) is 8.12. The summed E-state index contributed by atoms with van der Waals surface area (Å²) >= 11 is 1.74. The first-order valence-electron chi connectivity index (χ1n) is 7.31. The van der Waals surface area contributed by atoms with Crippen molar-refractivity contribution >= 4 is 11.3 Å². The van der Waals surface area contributed by atoms with Crippen molar-refractivity contribution in [2.24, 2.45) is 0 Å². The van der Waals surface area contributed by atoms with Gasteiger partial charge in [0.2, 0.25) is 0 Å². The van der Waals surface area contributed by atoms with Gasteiger partial charge in [0.1, 0.15) is 0 Å². The molecular formula is C15H22N4S. The van der Waals surface area contributed by atoms with Gasteiger partial charge in [-0.1, -0.05) is 0 Å². The molecule has 2 aromatic rings. The molecule has 0 bridgehead atoms. The summed E-state index contributed by atoms with van der Waals surface area (Å²) in [4.78, 5) is 12.8. The lowest BCUT2D eigenvalue weighted by Crippen LogP contribution is -2.26. The molecule has 0 spiro atoms. The molecule has 1 aliphatic heterocycles. The molecule has 108 valence electrons. The summed E-state index contributed by atoms with van der Waals surface area (Å²) in [6.45, 7) is 6.42. The van der Waals surface area contributed by atoms with Gasteiger partial charge in [-0.05, 0) is 46.7 Å². The van der Waals surface area contributed by atoms with Crippen LogP contribution < -0.4 is 0 Å². The topological polar surface area (TPSA) is 34.0 Å². The van der Waals surface area contributed by atoms with Crippen LogP contribution in [0, 0.1) is 13.8 Å². The summed E-state index contributed by atoms with van der Waals surface area (Å²) in [5.41, 5.74) is 1.10. The third-order valence-corrected chi connectivity index (χ3v) is 5.27. The minimum atomic E-state index is 0.731. The Labute approximate surface area is 124 Å². The Morgan fingerprint density at radius 3 is 2.90 bits per heavy atom. The van der Waals surface area contributed by atoms with Crippen molar-refractivity contribution in [2.75, 3.05) is 13.6 Å². The van der Waals surface area contributed by atoms with E-state index in [1.54, 1.807) is 11.3 Å². The first-order chi connectivity index (χ1) is 9.65. The number of imidazole rings is 1. The van der Waals surface area contributed by atoms with Crippen molar-refractivity contribution in [1.29, 1.82) is 0 Å². The van der Waals surface area contributed by atoms with Crippen molar-refractivity contribution in [3.8, 4) is 10.7 Å². The molecule has 0 aromatic carbocycles. The average molecular weight is 290 g/mol. The van der Waals surface area contributed by atoms with E-state index in [0.717, 1.165) is 29.1 Å². The van der Waals surface area contributed by atoms with E-state index >= 15 is 0 Å². The van der Waals surface area contributed by atoms with Gasteiger partial charge in [-0.25, -0.2) is 9.97 Å². The Morgan fingerprint density at radius 1 is 1.40 bits per heavy atom. The minimum absolute atomic E-state index is 0.731. The van der Waals surface area contributed by atoms with E-state index in [4.69, 9.17) is 0 Å². The van der Waals surface area contributed by atoms with Crippen molar-refractivity contribution in [3.05, 3.63) is 23.1 Å². The van der Waals surface area contributed by atoms with E-state index in [9.17, 15) is 0 Å². The molecule has 0 radical (unpaired) electrons. The molecule has 4 nitrogen and oxygen atoms in total. The molecule has 0 aliphatic carbocycles. The number of likely N-dealkylation sites (tertiary alicyclic amines) is 1. The SMILES string of the molecule is Cc1nc(C)c(-c2nccn2CC[C@@H]2CCCN2C)s1. The molecule has 0 N–H and O–H groups in total. The van der Waals surface area contributed by atoms with Crippen LogP contribution >= 0.6 is 11.3 Å². The molecule has 1 atom stereocenters. The second kappa shape index (κ2) is 5.66. The second-order valence-corrected chi connectivity index (χ2v) is 6.86. The van der Waals surface area contributed by atoms with Crippen LogP contribution in [-0.4, -0.2) is 39.1 Å². The van der Waals surface area contributed by atoms with Gasteiger partial charge < -0.3 is 9.47 Å². The molecule has 0 unspecified atom stereocenters. The van der Waals surface area contributed by atoms with E-state index < -0.39 is 0 Å². The molecule has 1 fully saturated rings. The Morgan fingerprint density at radius 2 is 2.25 bits per heavy atom. The maximum Gasteiger partial charge on any atom is 0.151 e. The summed E-state index contributed by atoms with van der Waals surface area (Å²) in [6, 6.07) is 0.731. The maximum atomic E-state index is 4.54. The predicted molar refractivity (Wildman–Crippen MR) is 83.1 cm³/mol. The smallest absolute Gasteiger partial charge is 0.151 e. The fraction of sp³-hybridized carbons (Fsp3) is 0.600. The van der Waals surface area contributed by atoms with Gasteiger partial charge in [-0.2, -0.15) is 0 Å². The lowest BCUT2D eigenvalue weighted by Gasteiger charge is -2.19. The normalized spacial score (nSPS) is 19.9. The Hall–Kier alpha value is -1.20. The largest absolute Gasteiger partial charge is 0.330 e. The van der Waals surface area contributed by atoms with Gasteiger partial charge in [0.15, 0.2) is 5.82 Å². The van der Waals surface area contributed by atoms with Crippen molar-refractivity contribution < 1.29 is 0 Å². The zero-order chi connectivity index (χ0) is 14.1. The highest BCUT2D eigenvalue weighted by atomic mass is 32.1. The fourth-order valence-corrected chi connectivity index (χ4v) is 4.00. The summed E-state index contributed by atoms with van der Waals surface area (Å²) < 4.78 is 2.28. The molecule has 5 heteroatoms. The third kappa shape index (κ3) is 2.65. The Balaban J connectivity index is 1.75. The summed E-state index contributed by atoms with van der Waals surface area (Å²) in [7, 11) is 2.24. The highest BCUT2D eigenvalue weighted by Crippen LogP contribution is 2.29. The Kier molecular flexibility index (Phi) is 3.89. The van der Waals surface area contributed by atoms with Crippen LogP contribution in [0.1, 0.15) is 30.0 Å². The summed E-state index contributed by atoms with van der Waals surface area (Å²) in [6.07, 6.45) is 7.88. The first kappa shape index (κ1) is 13.8. The number of thiazole rings is 1. The van der Waals surface area contributed by atoms with Crippen LogP contribution in [0.3, 0.4) is 0 Å². The van der Waals surface area contributed by atoms with Crippen LogP contribution in [-0.2, 0) is 6.54 Å². The van der Waals surface area contributed by atoms with E-state index in [1.807, 2.05) is 6.20 Å². The van der Waals surface area contributed by atoms with Crippen molar-refractivity contribution in [1.82, 2.24) is 19.4 Å². The molecule has 1 aliphatic rings. The molecule has 1 saturated heterocycles. The number of rotatable bonds is 4. The average Bonchev–Trinajstić information content (AvgIpc) is 3.08. The van der Waals surface area contributed by atoms with Crippen LogP contribution in [0.15, 0.2) is 12.4 Å². The number of nitrogens with zero attached hydrogens (tertiary/aromatic N) is 4. The maximum absolute atomic E-state index is 4.54. The van der Waals surface area contributed by atoms with E-state index in [-0.39, 0.29) is 0 Å². The summed E-state index contributed by atoms with van der Waals surface area (Å²) in [5.74, 6) is 1.08. The molecule has 20 heavy (non-hydrogen) atoms. The van der Waals surface area contributed by atoms with Crippen LogP contribution in [0.25, 0.3) is 10.7 Å². The van der Waals surface area contributed by atoms with Crippen LogP contribution in [0.4, 0.5) is 0 Å². The predicted octanol–water partition coefficient (Wildman–Crippen LogP) is 3.11. The standard InChI is InChI=1S/C15H22N4S/c1-11-14(20-12(2)17-11)15-16-7-10-19(15)9-6-13-5-4-8-18(13)3/h7,10,13H,4-6,8-9H2,1-3H3/t13-/m0/s1. The quantitative estimate of drug-likeness (QED) is 0.867. The molecule has 3 heterocycles. The summed E-state index contributed by atoms with van der Waals surface area (Å²) in [5, 5.41) is 1.11. The zero-order valence-electron chi connectivity index (χ0n) is 12.5. The fourth-order valence-electron chi connectivity index (χ4n) is 3.07.